The summed E-state index contributed by atoms with van der Waals surface area (Å²) in [6, 6.07) is 2.23. The molecular formula is C10H15NO. The minimum absolute atomic E-state index is 0.113. The molecule has 0 aliphatic heterocycles. The van der Waals surface area contributed by atoms with Crippen LogP contribution < -0.4 is 5.73 Å². The molecule has 0 radical (unpaired) electrons. The largest absolute Gasteiger partial charge is 0.464 e. The molecule has 0 saturated heterocycles. The van der Waals surface area contributed by atoms with Crippen LogP contribution in [0.25, 0.3) is 0 Å². The van der Waals surface area contributed by atoms with E-state index in [9.17, 15) is 0 Å². The summed E-state index contributed by atoms with van der Waals surface area (Å²) in [7, 11) is 0. The van der Waals surface area contributed by atoms with Crippen LogP contribution in [-0.4, -0.2) is 0 Å². The summed E-state index contributed by atoms with van der Waals surface area (Å²) >= 11 is 0. The normalized spacial score (nSPS) is 28.6. The van der Waals surface area contributed by atoms with Crippen molar-refractivity contribution in [3.63, 3.8) is 0 Å². The van der Waals surface area contributed by atoms with E-state index in [4.69, 9.17) is 10.2 Å². The molecule has 1 heterocycles. The molecule has 2 rings (SSSR count). The number of fused-ring (bicyclic) bond motifs is 1. The molecule has 0 amide bonds. The summed E-state index contributed by atoms with van der Waals surface area (Å²) < 4.78 is 5.56. The van der Waals surface area contributed by atoms with Crippen molar-refractivity contribution >= 4 is 0 Å². The van der Waals surface area contributed by atoms with Crippen LogP contribution in [0, 0.1) is 12.8 Å². The second kappa shape index (κ2) is 2.63. The van der Waals surface area contributed by atoms with E-state index in [1.54, 1.807) is 0 Å². The van der Waals surface area contributed by atoms with Crippen molar-refractivity contribution in [2.75, 3.05) is 0 Å². The minimum atomic E-state index is 0.113. The first kappa shape index (κ1) is 7.87. The van der Waals surface area contributed by atoms with Gasteiger partial charge in [0.05, 0.1) is 6.04 Å². The molecule has 0 bridgehead atoms. The zero-order valence-electron chi connectivity index (χ0n) is 7.63. The van der Waals surface area contributed by atoms with Gasteiger partial charge in [-0.25, -0.2) is 0 Å². The topological polar surface area (TPSA) is 39.2 Å². The van der Waals surface area contributed by atoms with Crippen LogP contribution in [0.1, 0.15) is 36.5 Å². The summed E-state index contributed by atoms with van der Waals surface area (Å²) in [6.07, 6.45) is 2.31. The maximum Gasteiger partial charge on any atom is 0.124 e. The van der Waals surface area contributed by atoms with Crippen molar-refractivity contribution in [3.05, 3.63) is 23.2 Å². The van der Waals surface area contributed by atoms with Crippen LogP contribution >= 0.6 is 0 Å². The molecule has 1 aromatic heterocycles. The van der Waals surface area contributed by atoms with Gasteiger partial charge in [0, 0.05) is 0 Å². The summed E-state index contributed by atoms with van der Waals surface area (Å²) in [5, 5.41) is 0. The maximum atomic E-state index is 6.01. The molecule has 1 aromatic rings. The van der Waals surface area contributed by atoms with Gasteiger partial charge in [0.25, 0.3) is 0 Å². The quantitative estimate of drug-likeness (QED) is 0.640. The molecular weight excluding hydrogens is 150 g/mol. The van der Waals surface area contributed by atoms with Gasteiger partial charge in [-0.3, -0.25) is 0 Å². The first-order valence-electron chi connectivity index (χ1n) is 4.53. The highest BCUT2D eigenvalue weighted by atomic mass is 16.3. The maximum absolute atomic E-state index is 6.01. The molecule has 2 unspecified atom stereocenters. The molecule has 1 aliphatic carbocycles. The second-order valence-electron chi connectivity index (χ2n) is 3.79. The zero-order chi connectivity index (χ0) is 8.72. The predicted molar refractivity (Wildman–Crippen MR) is 47.9 cm³/mol. The summed E-state index contributed by atoms with van der Waals surface area (Å²) in [5.74, 6) is 2.57. The Balaban J connectivity index is 2.41. The first-order chi connectivity index (χ1) is 5.68. The van der Waals surface area contributed by atoms with Crippen molar-refractivity contribution in [1.29, 1.82) is 0 Å². The SMILES string of the molecule is Cc1cc2c(o1)C(N)C(C)CC2. The van der Waals surface area contributed by atoms with Crippen LogP contribution in [0.2, 0.25) is 0 Å². The highest BCUT2D eigenvalue weighted by Gasteiger charge is 2.26. The van der Waals surface area contributed by atoms with E-state index < -0.39 is 0 Å². The summed E-state index contributed by atoms with van der Waals surface area (Å²) in [4.78, 5) is 0. The Labute approximate surface area is 72.7 Å². The Hall–Kier alpha value is -0.760. The fraction of sp³-hybridized carbons (Fsp3) is 0.600. The molecule has 2 nitrogen and oxygen atoms in total. The molecule has 2 heteroatoms. The lowest BCUT2D eigenvalue weighted by Gasteiger charge is -2.23. The van der Waals surface area contributed by atoms with Crippen LogP contribution in [0.3, 0.4) is 0 Å². The smallest absolute Gasteiger partial charge is 0.124 e. The number of furan rings is 1. The van der Waals surface area contributed by atoms with Crippen molar-refractivity contribution in [1.82, 2.24) is 0 Å². The molecule has 2 N–H and O–H groups in total. The van der Waals surface area contributed by atoms with Crippen molar-refractivity contribution in [3.8, 4) is 0 Å². The fourth-order valence-electron chi connectivity index (χ4n) is 1.88. The first-order valence-corrected chi connectivity index (χ1v) is 4.53. The molecule has 1 aliphatic rings. The van der Waals surface area contributed by atoms with E-state index in [0.717, 1.165) is 17.9 Å². The Morgan fingerprint density at radius 3 is 3.08 bits per heavy atom. The molecule has 0 fully saturated rings. The lowest BCUT2D eigenvalue weighted by atomic mass is 9.86. The van der Waals surface area contributed by atoms with E-state index >= 15 is 0 Å². The number of hydrogen-bond acceptors (Lipinski definition) is 2. The molecule has 0 spiro atoms. The molecule has 0 aromatic carbocycles. The van der Waals surface area contributed by atoms with Gasteiger partial charge in [-0.15, -0.1) is 0 Å². The molecule has 0 saturated carbocycles. The number of rotatable bonds is 0. The van der Waals surface area contributed by atoms with Crippen LogP contribution in [-0.2, 0) is 6.42 Å². The van der Waals surface area contributed by atoms with Gasteiger partial charge >= 0.3 is 0 Å². The fourth-order valence-corrected chi connectivity index (χ4v) is 1.88. The van der Waals surface area contributed by atoms with Crippen LogP contribution in [0.5, 0.6) is 0 Å². The monoisotopic (exact) mass is 165 g/mol. The van der Waals surface area contributed by atoms with E-state index in [2.05, 4.69) is 13.0 Å². The Morgan fingerprint density at radius 1 is 1.58 bits per heavy atom. The van der Waals surface area contributed by atoms with Crippen LogP contribution in [0.15, 0.2) is 10.5 Å². The highest BCUT2D eigenvalue weighted by Crippen LogP contribution is 2.34. The van der Waals surface area contributed by atoms with Crippen LogP contribution in [0.4, 0.5) is 0 Å². The number of hydrogen-bond donors (Lipinski definition) is 1. The van der Waals surface area contributed by atoms with E-state index in [-0.39, 0.29) is 6.04 Å². The molecule has 2 atom stereocenters. The van der Waals surface area contributed by atoms with Gasteiger partial charge in [0.15, 0.2) is 0 Å². The standard InChI is InChI=1S/C10H15NO/c1-6-3-4-8-5-7(2)12-10(8)9(6)11/h5-6,9H,3-4,11H2,1-2H3. The van der Waals surface area contributed by atoms with Gasteiger partial charge in [-0.1, -0.05) is 6.92 Å². The summed E-state index contributed by atoms with van der Waals surface area (Å²) in [6.45, 7) is 4.17. The van der Waals surface area contributed by atoms with Crippen molar-refractivity contribution < 1.29 is 4.42 Å². The van der Waals surface area contributed by atoms with E-state index in [1.165, 1.54) is 12.0 Å². The van der Waals surface area contributed by atoms with Gasteiger partial charge < -0.3 is 10.2 Å². The number of nitrogens with two attached hydrogens (primary N) is 1. The molecule has 66 valence electrons. The third-order valence-electron chi connectivity index (χ3n) is 2.75. The highest BCUT2D eigenvalue weighted by molar-refractivity contribution is 5.26. The zero-order valence-corrected chi connectivity index (χ0v) is 7.63. The average molecular weight is 165 g/mol. The lowest BCUT2D eigenvalue weighted by Crippen LogP contribution is -2.23. The average Bonchev–Trinajstić information content (AvgIpc) is 2.39. The van der Waals surface area contributed by atoms with E-state index in [1.807, 2.05) is 6.92 Å². The summed E-state index contributed by atoms with van der Waals surface area (Å²) in [5.41, 5.74) is 7.33. The second-order valence-corrected chi connectivity index (χ2v) is 3.79. The van der Waals surface area contributed by atoms with E-state index in [0.29, 0.717) is 5.92 Å². The van der Waals surface area contributed by atoms with Gasteiger partial charge in [-0.05, 0) is 37.3 Å². The van der Waals surface area contributed by atoms with Gasteiger partial charge in [0.2, 0.25) is 0 Å². The minimum Gasteiger partial charge on any atom is -0.464 e. The Kier molecular flexibility index (Phi) is 1.72. The van der Waals surface area contributed by atoms with Gasteiger partial charge in [-0.2, -0.15) is 0 Å². The van der Waals surface area contributed by atoms with Crippen molar-refractivity contribution in [2.45, 2.75) is 32.7 Å². The Morgan fingerprint density at radius 2 is 2.33 bits per heavy atom. The number of aryl methyl sites for hydroxylation is 2. The van der Waals surface area contributed by atoms with Crippen molar-refractivity contribution in [2.24, 2.45) is 11.7 Å². The molecule has 12 heavy (non-hydrogen) atoms. The van der Waals surface area contributed by atoms with Gasteiger partial charge in [0.1, 0.15) is 11.5 Å². The lowest BCUT2D eigenvalue weighted by molar-refractivity contribution is 0.336. The predicted octanol–water partition coefficient (Wildman–Crippen LogP) is 2.17. The Bertz CT molecular complexity index is 290. The third kappa shape index (κ3) is 1.07. The third-order valence-corrected chi connectivity index (χ3v) is 2.75.